The third-order valence-corrected chi connectivity index (χ3v) is 3.42. The van der Waals surface area contributed by atoms with Gasteiger partial charge in [-0.1, -0.05) is 13.8 Å². The van der Waals surface area contributed by atoms with Crippen molar-refractivity contribution >= 4 is 5.95 Å². The van der Waals surface area contributed by atoms with Crippen LogP contribution in [0.15, 0.2) is 18.5 Å². The molecule has 2 aromatic rings. The van der Waals surface area contributed by atoms with Gasteiger partial charge in [0.05, 0.1) is 0 Å². The molecular formula is C12H19N5. The molecule has 2 heterocycles. The Bertz CT molecular complexity index is 471. The van der Waals surface area contributed by atoms with Crippen molar-refractivity contribution in [2.45, 2.75) is 26.2 Å². The van der Waals surface area contributed by atoms with Crippen molar-refractivity contribution < 1.29 is 0 Å². The van der Waals surface area contributed by atoms with E-state index in [-0.39, 0.29) is 0 Å². The number of hydrogen-bond acceptors (Lipinski definition) is 3. The van der Waals surface area contributed by atoms with E-state index in [1.54, 1.807) is 0 Å². The number of hydrogen-bond donors (Lipinski definition) is 2. The Labute approximate surface area is 101 Å². The fourth-order valence-electron chi connectivity index (χ4n) is 2.04. The molecule has 0 aliphatic rings. The van der Waals surface area contributed by atoms with Gasteiger partial charge in [-0.2, -0.15) is 0 Å². The lowest BCUT2D eigenvalue weighted by Gasteiger charge is -2.18. The Morgan fingerprint density at radius 2 is 2.18 bits per heavy atom. The molecule has 17 heavy (non-hydrogen) atoms. The molecule has 0 saturated carbocycles. The Morgan fingerprint density at radius 1 is 1.41 bits per heavy atom. The molecule has 2 aromatic heterocycles. The van der Waals surface area contributed by atoms with Crippen LogP contribution >= 0.6 is 0 Å². The van der Waals surface area contributed by atoms with Crippen LogP contribution in [-0.2, 0) is 13.5 Å². The summed E-state index contributed by atoms with van der Waals surface area (Å²) in [6, 6.07) is 2.11. The summed E-state index contributed by atoms with van der Waals surface area (Å²) >= 11 is 0. The van der Waals surface area contributed by atoms with E-state index in [4.69, 9.17) is 5.73 Å². The van der Waals surface area contributed by atoms with E-state index in [0.717, 1.165) is 12.2 Å². The second kappa shape index (κ2) is 4.61. The molecule has 0 radical (unpaired) electrons. The van der Waals surface area contributed by atoms with Gasteiger partial charge in [0.15, 0.2) is 0 Å². The molecule has 0 aromatic carbocycles. The lowest BCUT2D eigenvalue weighted by atomic mass is 9.90. The van der Waals surface area contributed by atoms with E-state index in [1.807, 2.05) is 24.0 Å². The van der Waals surface area contributed by atoms with E-state index in [0.29, 0.717) is 17.8 Å². The largest absolute Gasteiger partial charge is 0.368 e. The molecule has 92 valence electrons. The highest BCUT2D eigenvalue weighted by Gasteiger charge is 2.20. The van der Waals surface area contributed by atoms with Crippen LogP contribution in [0.4, 0.5) is 5.95 Å². The monoisotopic (exact) mass is 233 g/mol. The van der Waals surface area contributed by atoms with Gasteiger partial charge in [0.2, 0.25) is 5.95 Å². The van der Waals surface area contributed by atoms with E-state index >= 15 is 0 Å². The number of nitrogens with two attached hydrogens (primary N) is 1. The molecule has 5 nitrogen and oxygen atoms in total. The van der Waals surface area contributed by atoms with Gasteiger partial charge in [-0.05, 0) is 24.0 Å². The molecule has 2 unspecified atom stereocenters. The van der Waals surface area contributed by atoms with Gasteiger partial charge in [0, 0.05) is 25.4 Å². The van der Waals surface area contributed by atoms with Crippen molar-refractivity contribution in [1.82, 2.24) is 19.7 Å². The lowest BCUT2D eigenvalue weighted by molar-refractivity contribution is 0.456. The molecule has 2 atom stereocenters. The van der Waals surface area contributed by atoms with Crippen LogP contribution < -0.4 is 5.73 Å². The van der Waals surface area contributed by atoms with Crippen LogP contribution in [0, 0.1) is 5.92 Å². The minimum Gasteiger partial charge on any atom is -0.368 e. The van der Waals surface area contributed by atoms with Gasteiger partial charge in [0.1, 0.15) is 5.82 Å². The topological polar surface area (TPSA) is 72.5 Å². The van der Waals surface area contributed by atoms with Gasteiger partial charge in [-0.3, -0.25) is 0 Å². The number of H-pyrrole nitrogens is 1. The van der Waals surface area contributed by atoms with Crippen molar-refractivity contribution in [3.05, 3.63) is 29.8 Å². The minimum atomic E-state index is 0.333. The summed E-state index contributed by atoms with van der Waals surface area (Å²) in [7, 11) is 1.91. The average molecular weight is 233 g/mol. The highest BCUT2D eigenvalue weighted by Crippen LogP contribution is 2.25. The summed E-state index contributed by atoms with van der Waals surface area (Å²) < 4.78 is 1.86. The first kappa shape index (κ1) is 11.7. The third kappa shape index (κ3) is 2.33. The van der Waals surface area contributed by atoms with Crippen molar-refractivity contribution in [1.29, 1.82) is 0 Å². The fourth-order valence-corrected chi connectivity index (χ4v) is 2.04. The highest BCUT2D eigenvalue weighted by molar-refractivity contribution is 5.19. The van der Waals surface area contributed by atoms with Crippen LogP contribution in [0.5, 0.6) is 0 Å². The van der Waals surface area contributed by atoms with E-state index < -0.39 is 0 Å². The Morgan fingerprint density at radius 3 is 2.71 bits per heavy atom. The zero-order valence-corrected chi connectivity index (χ0v) is 10.5. The first-order valence-electron chi connectivity index (χ1n) is 5.86. The molecule has 0 aliphatic heterocycles. The van der Waals surface area contributed by atoms with Crippen molar-refractivity contribution in [3.8, 4) is 0 Å². The minimum absolute atomic E-state index is 0.333. The van der Waals surface area contributed by atoms with Crippen molar-refractivity contribution in [2.75, 3.05) is 5.73 Å². The Hall–Kier alpha value is -1.78. The molecule has 0 saturated heterocycles. The van der Waals surface area contributed by atoms with Crippen molar-refractivity contribution in [2.24, 2.45) is 13.0 Å². The molecular weight excluding hydrogens is 214 g/mol. The summed E-state index contributed by atoms with van der Waals surface area (Å²) in [6.07, 6.45) is 5.01. The van der Waals surface area contributed by atoms with Crippen LogP contribution in [0.3, 0.4) is 0 Å². The number of nitrogen functional groups attached to an aromatic ring is 1. The Balaban J connectivity index is 2.09. The van der Waals surface area contributed by atoms with Gasteiger partial charge in [-0.15, -0.1) is 10.2 Å². The molecule has 2 rings (SSSR count). The van der Waals surface area contributed by atoms with Crippen LogP contribution in [0.25, 0.3) is 0 Å². The second-order valence-electron chi connectivity index (χ2n) is 4.66. The van der Waals surface area contributed by atoms with Gasteiger partial charge >= 0.3 is 0 Å². The SMILES string of the molecule is CC(Cc1cc[nH]c1)C(C)c1nnc(N)n1C. The van der Waals surface area contributed by atoms with Crippen molar-refractivity contribution in [3.63, 3.8) is 0 Å². The van der Waals surface area contributed by atoms with Gasteiger partial charge in [0.25, 0.3) is 0 Å². The maximum atomic E-state index is 5.70. The standard InChI is InChI=1S/C12H19N5/c1-8(6-10-4-5-14-7-10)9(2)11-15-16-12(13)17(11)3/h4-5,7-9,14H,6H2,1-3H3,(H2,13,16). The molecule has 0 amide bonds. The zero-order chi connectivity index (χ0) is 12.4. The summed E-state index contributed by atoms with van der Waals surface area (Å²) in [5.74, 6) is 2.25. The first-order valence-corrected chi connectivity index (χ1v) is 5.86. The average Bonchev–Trinajstić information content (AvgIpc) is 2.90. The maximum Gasteiger partial charge on any atom is 0.221 e. The van der Waals surface area contributed by atoms with E-state index in [1.165, 1.54) is 5.56 Å². The molecule has 0 aliphatic carbocycles. The first-order chi connectivity index (χ1) is 8.09. The van der Waals surface area contributed by atoms with Gasteiger partial charge in [-0.25, -0.2) is 0 Å². The number of rotatable bonds is 4. The maximum absolute atomic E-state index is 5.70. The quantitative estimate of drug-likeness (QED) is 0.844. The Kier molecular flexibility index (Phi) is 3.17. The summed E-state index contributed by atoms with van der Waals surface area (Å²) in [6.45, 7) is 4.39. The summed E-state index contributed by atoms with van der Waals surface area (Å²) in [5, 5.41) is 8.05. The summed E-state index contributed by atoms with van der Waals surface area (Å²) in [5.41, 5.74) is 7.02. The lowest BCUT2D eigenvalue weighted by Crippen LogP contribution is -2.14. The fraction of sp³-hybridized carbons (Fsp3) is 0.500. The van der Waals surface area contributed by atoms with Gasteiger partial charge < -0.3 is 15.3 Å². The van der Waals surface area contributed by atoms with Crippen LogP contribution in [0.2, 0.25) is 0 Å². The smallest absolute Gasteiger partial charge is 0.221 e. The van der Waals surface area contributed by atoms with E-state index in [2.05, 4.69) is 35.1 Å². The number of aromatic nitrogens is 4. The number of nitrogens with zero attached hydrogens (tertiary/aromatic N) is 3. The highest BCUT2D eigenvalue weighted by atomic mass is 15.3. The molecule has 5 heteroatoms. The predicted molar refractivity (Wildman–Crippen MR) is 67.5 cm³/mol. The number of aromatic amines is 1. The number of anilines is 1. The van der Waals surface area contributed by atoms with Crippen LogP contribution in [0.1, 0.15) is 31.2 Å². The molecule has 0 spiro atoms. The molecule has 3 N–H and O–H groups in total. The zero-order valence-electron chi connectivity index (χ0n) is 10.5. The molecule has 0 bridgehead atoms. The molecule has 0 fully saturated rings. The van der Waals surface area contributed by atoms with E-state index in [9.17, 15) is 0 Å². The third-order valence-electron chi connectivity index (χ3n) is 3.42. The summed E-state index contributed by atoms with van der Waals surface area (Å²) in [4.78, 5) is 3.08. The normalized spacial score (nSPS) is 14.8. The second-order valence-corrected chi connectivity index (χ2v) is 4.66. The predicted octanol–water partition coefficient (Wildman–Crippen LogP) is 1.71. The van der Waals surface area contributed by atoms with Crippen LogP contribution in [-0.4, -0.2) is 19.7 Å². The number of nitrogens with one attached hydrogen (secondary N) is 1.